The predicted molar refractivity (Wildman–Crippen MR) is 80.3 cm³/mol. The summed E-state index contributed by atoms with van der Waals surface area (Å²) in [6.07, 6.45) is 6.29. The first-order valence-corrected chi connectivity index (χ1v) is 7.45. The first kappa shape index (κ1) is 13.6. The highest BCUT2D eigenvalue weighted by Crippen LogP contribution is 2.39. The molecule has 0 saturated heterocycles. The molecule has 1 fully saturated rings. The van der Waals surface area contributed by atoms with Gasteiger partial charge >= 0.3 is 0 Å². The van der Waals surface area contributed by atoms with E-state index in [-0.39, 0.29) is 0 Å². The largest absolute Gasteiger partial charge is 0.310 e. The van der Waals surface area contributed by atoms with Crippen LogP contribution in [0.15, 0.2) is 24.5 Å². The second kappa shape index (κ2) is 5.54. The van der Waals surface area contributed by atoms with Gasteiger partial charge in [0.25, 0.3) is 0 Å². The molecule has 0 spiro atoms. The molecule has 1 N–H and O–H groups in total. The average Bonchev–Trinajstić information content (AvgIpc) is 3.15. The Balaban J connectivity index is 1.78. The third-order valence-corrected chi connectivity index (χ3v) is 3.69. The number of pyridine rings is 1. The van der Waals surface area contributed by atoms with Crippen molar-refractivity contribution in [2.75, 3.05) is 0 Å². The first-order valence-electron chi connectivity index (χ1n) is 7.07. The van der Waals surface area contributed by atoms with Crippen LogP contribution >= 0.6 is 11.6 Å². The van der Waals surface area contributed by atoms with Gasteiger partial charge in [0.1, 0.15) is 0 Å². The van der Waals surface area contributed by atoms with Crippen molar-refractivity contribution >= 4 is 11.6 Å². The van der Waals surface area contributed by atoms with Crippen LogP contribution in [0.1, 0.15) is 43.9 Å². The molecule has 2 aromatic heterocycles. The fraction of sp³-hybridized carbons (Fsp3) is 0.467. The second-order valence-electron chi connectivity index (χ2n) is 5.64. The van der Waals surface area contributed by atoms with Gasteiger partial charge in [0.05, 0.1) is 10.7 Å². The maximum atomic E-state index is 6.33. The Morgan fingerprint density at radius 3 is 2.90 bits per heavy atom. The molecular weight excluding hydrogens is 272 g/mol. The van der Waals surface area contributed by atoms with Crippen LogP contribution in [-0.4, -0.2) is 20.8 Å². The summed E-state index contributed by atoms with van der Waals surface area (Å²) in [5, 5.41) is 8.55. The minimum Gasteiger partial charge on any atom is -0.310 e. The predicted octanol–water partition coefficient (Wildman–Crippen LogP) is 3.30. The first-order chi connectivity index (χ1) is 9.63. The Hall–Kier alpha value is -1.39. The standard InChI is InChI=1S/C15H19ClN4/c1-10(2)17-8-11-7-13(16)15(18-9-11)20-6-5-14(19-20)12-3-4-12/h5-7,9-10,12,17H,3-4,8H2,1-2H3. The van der Waals surface area contributed by atoms with Crippen molar-refractivity contribution in [3.63, 3.8) is 0 Å². The van der Waals surface area contributed by atoms with E-state index in [2.05, 4.69) is 35.3 Å². The molecule has 0 radical (unpaired) electrons. The SMILES string of the molecule is CC(C)NCc1cnc(-n2ccc(C3CC3)n2)c(Cl)c1. The van der Waals surface area contributed by atoms with Crippen molar-refractivity contribution in [2.45, 2.75) is 45.2 Å². The number of hydrogen-bond donors (Lipinski definition) is 1. The molecule has 1 aliphatic carbocycles. The molecule has 0 aliphatic heterocycles. The smallest absolute Gasteiger partial charge is 0.172 e. The van der Waals surface area contributed by atoms with Gasteiger partial charge in [0.15, 0.2) is 5.82 Å². The van der Waals surface area contributed by atoms with E-state index in [1.54, 1.807) is 4.68 Å². The molecular formula is C15H19ClN4. The highest BCUT2D eigenvalue weighted by Gasteiger charge is 2.26. The fourth-order valence-electron chi connectivity index (χ4n) is 2.11. The zero-order valence-corrected chi connectivity index (χ0v) is 12.6. The third-order valence-electron chi connectivity index (χ3n) is 3.42. The quantitative estimate of drug-likeness (QED) is 0.919. The molecule has 5 heteroatoms. The van der Waals surface area contributed by atoms with Gasteiger partial charge in [-0.25, -0.2) is 9.67 Å². The van der Waals surface area contributed by atoms with Gasteiger partial charge in [-0.05, 0) is 30.5 Å². The van der Waals surface area contributed by atoms with E-state index in [9.17, 15) is 0 Å². The van der Waals surface area contributed by atoms with E-state index in [4.69, 9.17) is 11.6 Å². The normalized spacial score (nSPS) is 15.0. The lowest BCUT2D eigenvalue weighted by Crippen LogP contribution is -2.22. The fourth-order valence-corrected chi connectivity index (χ4v) is 2.39. The summed E-state index contributed by atoms with van der Waals surface area (Å²) in [6, 6.07) is 4.46. The maximum Gasteiger partial charge on any atom is 0.172 e. The molecule has 0 amide bonds. The van der Waals surface area contributed by atoms with Crippen molar-refractivity contribution in [3.05, 3.63) is 40.8 Å². The molecule has 2 aromatic rings. The molecule has 1 saturated carbocycles. The number of aromatic nitrogens is 3. The van der Waals surface area contributed by atoms with Crippen LogP contribution in [-0.2, 0) is 6.54 Å². The lowest BCUT2D eigenvalue weighted by molar-refractivity contribution is 0.587. The third kappa shape index (κ3) is 3.02. The summed E-state index contributed by atoms with van der Waals surface area (Å²) in [4.78, 5) is 4.45. The van der Waals surface area contributed by atoms with Gasteiger partial charge in [-0.2, -0.15) is 5.10 Å². The van der Waals surface area contributed by atoms with Crippen LogP contribution in [0.2, 0.25) is 5.02 Å². The summed E-state index contributed by atoms with van der Waals surface area (Å²) in [6.45, 7) is 5.01. The highest BCUT2D eigenvalue weighted by atomic mass is 35.5. The van der Waals surface area contributed by atoms with Gasteiger partial charge in [0.2, 0.25) is 0 Å². The van der Waals surface area contributed by atoms with E-state index in [0.717, 1.165) is 17.8 Å². The minimum atomic E-state index is 0.445. The molecule has 0 bridgehead atoms. The summed E-state index contributed by atoms with van der Waals surface area (Å²) >= 11 is 6.33. The molecule has 3 rings (SSSR count). The molecule has 106 valence electrons. The Labute approximate surface area is 124 Å². The number of hydrogen-bond acceptors (Lipinski definition) is 3. The van der Waals surface area contributed by atoms with E-state index in [0.29, 0.717) is 22.8 Å². The zero-order chi connectivity index (χ0) is 14.1. The Morgan fingerprint density at radius 2 is 2.25 bits per heavy atom. The minimum absolute atomic E-state index is 0.445. The van der Waals surface area contributed by atoms with Gasteiger partial charge in [0, 0.05) is 30.9 Å². The number of rotatable bonds is 5. The van der Waals surface area contributed by atoms with Gasteiger partial charge in [-0.15, -0.1) is 0 Å². The van der Waals surface area contributed by atoms with E-state index < -0.39 is 0 Å². The summed E-state index contributed by atoms with van der Waals surface area (Å²) in [7, 11) is 0. The van der Waals surface area contributed by atoms with Crippen molar-refractivity contribution in [1.29, 1.82) is 0 Å². The lowest BCUT2D eigenvalue weighted by Gasteiger charge is -2.09. The maximum absolute atomic E-state index is 6.33. The monoisotopic (exact) mass is 290 g/mol. The van der Waals surface area contributed by atoms with Crippen LogP contribution in [0.4, 0.5) is 0 Å². The number of nitrogens with one attached hydrogen (secondary N) is 1. The van der Waals surface area contributed by atoms with E-state index >= 15 is 0 Å². The molecule has 1 aliphatic rings. The van der Waals surface area contributed by atoms with E-state index in [1.807, 2.05) is 18.5 Å². The summed E-state index contributed by atoms with van der Waals surface area (Å²) < 4.78 is 1.77. The van der Waals surface area contributed by atoms with Crippen molar-refractivity contribution in [1.82, 2.24) is 20.1 Å². The zero-order valence-electron chi connectivity index (χ0n) is 11.8. The van der Waals surface area contributed by atoms with Crippen LogP contribution in [0.25, 0.3) is 5.82 Å². The van der Waals surface area contributed by atoms with E-state index in [1.165, 1.54) is 12.8 Å². The lowest BCUT2D eigenvalue weighted by atomic mass is 10.2. The number of nitrogens with zero attached hydrogens (tertiary/aromatic N) is 3. The Morgan fingerprint density at radius 1 is 1.45 bits per heavy atom. The van der Waals surface area contributed by atoms with Crippen LogP contribution < -0.4 is 5.32 Å². The Bertz CT molecular complexity index is 602. The van der Waals surface area contributed by atoms with Gasteiger partial charge in [-0.3, -0.25) is 0 Å². The van der Waals surface area contributed by atoms with Crippen molar-refractivity contribution < 1.29 is 0 Å². The van der Waals surface area contributed by atoms with Crippen molar-refractivity contribution in [3.8, 4) is 5.82 Å². The van der Waals surface area contributed by atoms with Crippen LogP contribution in [0, 0.1) is 0 Å². The average molecular weight is 291 g/mol. The number of halogens is 1. The topological polar surface area (TPSA) is 42.7 Å². The molecule has 2 heterocycles. The van der Waals surface area contributed by atoms with Gasteiger partial charge in [-0.1, -0.05) is 25.4 Å². The van der Waals surface area contributed by atoms with Crippen molar-refractivity contribution in [2.24, 2.45) is 0 Å². The molecule has 0 unspecified atom stereocenters. The summed E-state index contributed by atoms with van der Waals surface area (Å²) in [5.41, 5.74) is 2.23. The molecule has 0 aromatic carbocycles. The van der Waals surface area contributed by atoms with Crippen LogP contribution in [0.5, 0.6) is 0 Å². The summed E-state index contributed by atoms with van der Waals surface area (Å²) in [5.74, 6) is 1.34. The molecule has 20 heavy (non-hydrogen) atoms. The Kier molecular flexibility index (Phi) is 3.76. The van der Waals surface area contributed by atoms with Crippen LogP contribution in [0.3, 0.4) is 0 Å². The molecule has 4 nitrogen and oxygen atoms in total. The van der Waals surface area contributed by atoms with Gasteiger partial charge < -0.3 is 5.32 Å². The second-order valence-corrected chi connectivity index (χ2v) is 6.05. The molecule has 0 atom stereocenters. The highest BCUT2D eigenvalue weighted by molar-refractivity contribution is 6.32.